The van der Waals surface area contributed by atoms with Crippen molar-refractivity contribution in [3.8, 4) is 0 Å². The van der Waals surface area contributed by atoms with Gasteiger partial charge in [0.05, 0.1) is 23.5 Å². The van der Waals surface area contributed by atoms with E-state index in [1.165, 1.54) is 11.3 Å². The summed E-state index contributed by atoms with van der Waals surface area (Å²) in [5.41, 5.74) is 2.94. The monoisotopic (exact) mass is 373 g/mol. The van der Waals surface area contributed by atoms with Crippen molar-refractivity contribution in [1.82, 2.24) is 4.98 Å². The predicted octanol–water partition coefficient (Wildman–Crippen LogP) is 4.72. The maximum atomic E-state index is 11.2. The van der Waals surface area contributed by atoms with E-state index >= 15 is 0 Å². The largest absolute Gasteiger partial charge is 0.478 e. The summed E-state index contributed by atoms with van der Waals surface area (Å²) in [5, 5.41) is 15.8. The summed E-state index contributed by atoms with van der Waals surface area (Å²) in [6.45, 7) is 1.17. The zero-order chi connectivity index (χ0) is 17.6. The van der Waals surface area contributed by atoms with Crippen LogP contribution in [0.25, 0.3) is 0 Å². The molecule has 0 unspecified atom stereocenters. The number of nitrogens with zero attached hydrogens (tertiary/aromatic N) is 1. The molecular weight excluding hydrogens is 358 g/mol. The van der Waals surface area contributed by atoms with Gasteiger partial charge in [-0.05, 0) is 23.8 Å². The number of aromatic carboxylic acids is 1. The van der Waals surface area contributed by atoms with E-state index < -0.39 is 5.97 Å². The zero-order valence-electron chi connectivity index (χ0n) is 13.2. The summed E-state index contributed by atoms with van der Waals surface area (Å²) >= 11 is 7.24. The number of hydrogen-bond donors (Lipinski definition) is 3. The third-order valence-corrected chi connectivity index (χ3v) is 4.69. The zero-order valence-corrected chi connectivity index (χ0v) is 14.8. The van der Waals surface area contributed by atoms with Gasteiger partial charge in [-0.25, -0.2) is 9.78 Å². The number of rotatable bonds is 7. The van der Waals surface area contributed by atoms with Crippen molar-refractivity contribution in [3.05, 3.63) is 75.2 Å². The minimum atomic E-state index is -0.960. The molecule has 0 spiro atoms. The lowest BCUT2D eigenvalue weighted by molar-refractivity contribution is 0.0697. The van der Waals surface area contributed by atoms with E-state index in [-0.39, 0.29) is 5.56 Å². The molecule has 2 aromatic carbocycles. The number of halogens is 1. The van der Waals surface area contributed by atoms with E-state index in [2.05, 4.69) is 15.6 Å². The normalized spacial score (nSPS) is 10.4. The topological polar surface area (TPSA) is 74.2 Å². The van der Waals surface area contributed by atoms with Crippen molar-refractivity contribution < 1.29 is 9.90 Å². The number of carbonyl (C=O) groups is 1. The minimum Gasteiger partial charge on any atom is -0.478 e. The Hall–Kier alpha value is -2.57. The Morgan fingerprint density at radius 2 is 1.84 bits per heavy atom. The van der Waals surface area contributed by atoms with E-state index in [0.717, 1.165) is 21.8 Å². The highest BCUT2D eigenvalue weighted by Gasteiger charge is 2.09. The molecular formula is C18H16ClN3O2S. The molecule has 5 nitrogen and oxygen atoms in total. The van der Waals surface area contributed by atoms with Gasteiger partial charge in [0.1, 0.15) is 0 Å². The highest BCUT2D eigenvalue weighted by atomic mass is 35.5. The first-order chi connectivity index (χ1) is 12.1. The fourth-order valence-electron chi connectivity index (χ4n) is 2.32. The summed E-state index contributed by atoms with van der Waals surface area (Å²) < 4.78 is 0.485. The minimum absolute atomic E-state index is 0.232. The summed E-state index contributed by atoms with van der Waals surface area (Å²) in [4.78, 5) is 16.2. The molecule has 0 aliphatic heterocycles. The van der Waals surface area contributed by atoms with Gasteiger partial charge in [-0.15, -0.1) is 11.3 Å². The second-order valence-corrected chi connectivity index (χ2v) is 7.04. The van der Waals surface area contributed by atoms with E-state index in [1.54, 1.807) is 24.4 Å². The van der Waals surface area contributed by atoms with Crippen LogP contribution in [0.3, 0.4) is 0 Å². The number of thiazole rings is 1. The van der Waals surface area contributed by atoms with Crippen LogP contribution < -0.4 is 10.6 Å². The van der Waals surface area contributed by atoms with Crippen LogP contribution in [-0.2, 0) is 13.1 Å². The number of anilines is 2. The Kier molecular flexibility index (Phi) is 5.53. The van der Waals surface area contributed by atoms with Crippen molar-refractivity contribution in [2.75, 3.05) is 10.6 Å². The Morgan fingerprint density at radius 3 is 2.52 bits per heavy atom. The fourth-order valence-corrected chi connectivity index (χ4v) is 3.24. The van der Waals surface area contributed by atoms with Crippen LogP contribution in [0.15, 0.2) is 54.7 Å². The number of hydrogen-bond acceptors (Lipinski definition) is 5. The molecule has 3 rings (SSSR count). The third kappa shape index (κ3) is 4.71. The first-order valence-electron chi connectivity index (χ1n) is 7.61. The Morgan fingerprint density at radius 1 is 1.08 bits per heavy atom. The molecule has 0 fully saturated rings. The molecule has 0 radical (unpaired) electrons. The summed E-state index contributed by atoms with van der Waals surface area (Å²) in [5.74, 6) is -0.960. The Balaban J connectivity index is 1.76. The quantitative estimate of drug-likeness (QED) is 0.558. The van der Waals surface area contributed by atoms with Gasteiger partial charge < -0.3 is 15.7 Å². The summed E-state index contributed by atoms with van der Waals surface area (Å²) in [6, 6.07) is 15.0. The van der Waals surface area contributed by atoms with Gasteiger partial charge in [0.25, 0.3) is 0 Å². The molecule has 1 aromatic heterocycles. The average Bonchev–Trinajstić information content (AvgIpc) is 3.04. The molecule has 3 aromatic rings. The molecule has 128 valence electrons. The average molecular weight is 374 g/mol. The first-order valence-corrected chi connectivity index (χ1v) is 8.80. The third-order valence-electron chi connectivity index (χ3n) is 3.57. The summed E-state index contributed by atoms with van der Waals surface area (Å²) in [7, 11) is 0. The number of aromatic nitrogens is 1. The maximum absolute atomic E-state index is 11.2. The lowest BCUT2D eigenvalue weighted by atomic mass is 10.1. The molecule has 0 bridgehead atoms. The van der Waals surface area contributed by atoms with Crippen LogP contribution in [0, 0.1) is 0 Å². The van der Waals surface area contributed by atoms with Gasteiger partial charge in [-0.2, -0.15) is 0 Å². The molecule has 0 aliphatic carbocycles. The number of carboxylic acid groups (broad SMARTS) is 1. The SMILES string of the molecule is O=C(O)c1ccc(NCc2ccccc2)c(NCc2cnc(Cl)s2)c1. The molecule has 0 amide bonds. The number of carboxylic acids is 1. The predicted molar refractivity (Wildman–Crippen MR) is 102 cm³/mol. The van der Waals surface area contributed by atoms with Crippen LogP contribution in [0.5, 0.6) is 0 Å². The fraction of sp³-hybridized carbons (Fsp3) is 0.111. The molecule has 0 atom stereocenters. The Bertz CT molecular complexity index is 868. The number of benzene rings is 2. The smallest absolute Gasteiger partial charge is 0.335 e. The molecule has 7 heteroatoms. The van der Waals surface area contributed by atoms with Crippen molar-refractivity contribution >= 4 is 40.3 Å². The summed E-state index contributed by atoms with van der Waals surface area (Å²) in [6.07, 6.45) is 1.71. The van der Waals surface area contributed by atoms with Gasteiger partial charge in [0, 0.05) is 17.6 Å². The van der Waals surface area contributed by atoms with Crippen molar-refractivity contribution in [3.63, 3.8) is 0 Å². The van der Waals surface area contributed by atoms with E-state index in [0.29, 0.717) is 17.6 Å². The van der Waals surface area contributed by atoms with Crippen molar-refractivity contribution in [2.24, 2.45) is 0 Å². The van der Waals surface area contributed by atoms with E-state index in [4.69, 9.17) is 11.6 Å². The molecule has 0 saturated carbocycles. The molecule has 25 heavy (non-hydrogen) atoms. The second-order valence-electron chi connectivity index (χ2n) is 5.34. The van der Waals surface area contributed by atoms with Gasteiger partial charge in [0.2, 0.25) is 0 Å². The van der Waals surface area contributed by atoms with E-state index in [9.17, 15) is 9.90 Å². The molecule has 0 saturated heterocycles. The highest BCUT2D eigenvalue weighted by Crippen LogP contribution is 2.26. The van der Waals surface area contributed by atoms with Gasteiger partial charge >= 0.3 is 5.97 Å². The van der Waals surface area contributed by atoms with Crippen LogP contribution in [-0.4, -0.2) is 16.1 Å². The van der Waals surface area contributed by atoms with Crippen molar-refractivity contribution in [2.45, 2.75) is 13.1 Å². The van der Waals surface area contributed by atoms with Crippen LogP contribution in [0.1, 0.15) is 20.8 Å². The lowest BCUT2D eigenvalue weighted by Gasteiger charge is -2.14. The second kappa shape index (κ2) is 8.00. The van der Waals surface area contributed by atoms with Gasteiger partial charge in [-0.3, -0.25) is 0 Å². The maximum Gasteiger partial charge on any atom is 0.335 e. The molecule has 1 heterocycles. The van der Waals surface area contributed by atoms with Crippen LogP contribution >= 0.6 is 22.9 Å². The van der Waals surface area contributed by atoms with Gasteiger partial charge in [-0.1, -0.05) is 41.9 Å². The molecule has 3 N–H and O–H groups in total. The van der Waals surface area contributed by atoms with Crippen molar-refractivity contribution in [1.29, 1.82) is 0 Å². The van der Waals surface area contributed by atoms with Crippen LogP contribution in [0.4, 0.5) is 11.4 Å². The first kappa shape index (κ1) is 17.3. The Labute approximate surface area is 154 Å². The lowest BCUT2D eigenvalue weighted by Crippen LogP contribution is -2.07. The highest BCUT2D eigenvalue weighted by molar-refractivity contribution is 7.15. The molecule has 0 aliphatic rings. The van der Waals surface area contributed by atoms with E-state index in [1.807, 2.05) is 30.3 Å². The van der Waals surface area contributed by atoms with Gasteiger partial charge in [0.15, 0.2) is 4.47 Å². The number of nitrogens with one attached hydrogen (secondary N) is 2. The standard InChI is InChI=1S/C18H16ClN3O2S/c19-18-22-11-14(25-18)10-21-16-8-13(17(23)24)6-7-15(16)20-9-12-4-2-1-3-5-12/h1-8,11,20-21H,9-10H2,(H,23,24). The van der Waals surface area contributed by atoms with Crippen LogP contribution in [0.2, 0.25) is 4.47 Å².